The molecule has 4 aromatic rings. The highest BCUT2D eigenvalue weighted by atomic mass is 32.1. The van der Waals surface area contributed by atoms with Crippen molar-refractivity contribution in [2.24, 2.45) is 0 Å². The van der Waals surface area contributed by atoms with Crippen LogP contribution in [0.1, 0.15) is 28.3 Å². The Hall–Kier alpha value is -3.97. The number of methoxy groups -OCH3 is 1. The average Bonchev–Trinajstić information content (AvgIpc) is 3.38. The summed E-state index contributed by atoms with van der Waals surface area (Å²) in [4.78, 5) is 32.8. The van der Waals surface area contributed by atoms with Crippen molar-refractivity contribution >= 4 is 44.1 Å². The van der Waals surface area contributed by atoms with Crippen LogP contribution in [0.25, 0.3) is 16.0 Å². The molecule has 170 valence electrons. The SMILES string of the molecule is COc1cccc(/C(O)=C2\C(=O)C(=O)N(c3nc4c(C)cc(C)cc4s3)[C@H]2c2ccccc2)c1. The number of hydrogen-bond donors (Lipinski definition) is 1. The second-order valence-corrected chi connectivity index (χ2v) is 9.25. The van der Waals surface area contributed by atoms with Gasteiger partial charge in [0, 0.05) is 5.56 Å². The van der Waals surface area contributed by atoms with E-state index in [0.29, 0.717) is 22.0 Å². The smallest absolute Gasteiger partial charge is 0.301 e. The van der Waals surface area contributed by atoms with Gasteiger partial charge < -0.3 is 9.84 Å². The molecule has 0 spiro atoms. The Bertz CT molecular complexity index is 1470. The molecule has 6 nitrogen and oxygen atoms in total. The van der Waals surface area contributed by atoms with E-state index in [2.05, 4.69) is 0 Å². The van der Waals surface area contributed by atoms with E-state index in [9.17, 15) is 14.7 Å². The summed E-state index contributed by atoms with van der Waals surface area (Å²) in [5.41, 5.74) is 4.03. The lowest BCUT2D eigenvalue weighted by molar-refractivity contribution is -0.132. The number of amides is 1. The van der Waals surface area contributed by atoms with E-state index in [0.717, 1.165) is 21.3 Å². The molecule has 1 aliphatic rings. The van der Waals surface area contributed by atoms with Gasteiger partial charge in [0.25, 0.3) is 5.78 Å². The van der Waals surface area contributed by atoms with Crippen molar-refractivity contribution in [3.05, 3.63) is 94.6 Å². The number of benzene rings is 3. The number of anilines is 1. The van der Waals surface area contributed by atoms with Gasteiger partial charge in [-0.2, -0.15) is 0 Å². The van der Waals surface area contributed by atoms with Crippen molar-refractivity contribution in [1.82, 2.24) is 4.98 Å². The van der Waals surface area contributed by atoms with Crippen molar-refractivity contribution in [2.75, 3.05) is 12.0 Å². The number of aryl methyl sites for hydroxylation is 2. The molecule has 7 heteroatoms. The van der Waals surface area contributed by atoms with E-state index < -0.39 is 17.7 Å². The second kappa shape index (κ2) is 8.43. The fourth-order valence-electron chi connectivity index (χ4n) is 4.37. The average molecular weight is 471 g/mol. The maximum absolute atomic E-state index is 13.4. The van der Waals surface area contributed by atoms with Crippen LogP contribution in [0.5, 0.6) is 5.75 Å². The first-order chi connectivity index (χ1) is 16.4. The Kier molecular flexibility index (Phi) is 5.42. The number of thiazole rings is 1. The molecule has 34 heavy (non-hydrogen) atoms. The molecular formula is C27H22N2O4S. The van der Waals surface area contributed by atoms with E-state index in [1.54, 1.807) is 24.3 Å². The minimum Gasteiger partial charge on any atom is -0.507 e. The largest absolute Gasteiger partial charge is 0.507 e. The molecule has 2 heterocycles. The first-order valence-electron chi connectivity index (χ1n) is 10.8. The maximum atomic E-state index is 13.4. The van der Waals surface area contributed by atoms with Gasteiger partial charge in [-0.05, 0) is 48.7 Å². The standard InChI is InChI=1S/C27H22N2O4S/c1-15-12-16(2)22-20(13-15)34-27(28-22)29-23(17-8-5-4-6-9-17)21(25(31)26(29)32)24(30)18-10-7-11-19(14-18)33-3/h4-14,23,30H,1-3H3/b24-21+/t23-/m0/s1. The van der Waals surface area contributed by atoms with Crippen molar-refractivity contribution < 1.29 is 19.4 Å². The Morgan fingerprint density at radius 3 is 2.53 bits per heavy atom. The number of hydrogen-bond acceptors (Lipinski definition) is 6. The van der Waals surface area contributed by atoms with Gasteiger partial charge in [-0.25, -0.2) is 4.98 Å². The van der Waals surface area contributed by atoms with Gasteiger partial charge in [0.05, 0.1) is 28.9 Å². The number of carbonyl (C=O) groups excluding carboxylic acids is 2. The van der Waals surface area contributed by atoms with Crippen LogP contribution < -0.4 is 9.64 Å². The molecule has 0 aliphatic carbocycles. The van der Waals surface area contributed by atoms with Crippen LogP contribution in [0.3, 0.4) is 0 Å². The van der Waals surface area contributed by atoms with Crippen molar-refractivity contribution in [3.8, 4) is 5.75 Å². The molecule has 1 saturated heterocycles. The fourth-order valence-corrected chi connectivity index (χ4v) is 5.54. The number of ketones is 1. The lowest BCUT2D eigenvalue weighted by Gasteiger charge is -2.23. The van der Waals surface area contributed by atoms with Gasteiger partial charge in [-0.1, -0.05) is 59.9 Å². The summed E-state index contributed by atoms with van der Waals surface area (Å²) in [5, 5.41) is 11.7. The number of carbonyl (C=O) groups is 2. The lowest BCUT2D eigenvalue weighted by atomic mass is 9.95. The van der Waals surface area contributed by atoms with Gasteiger partial charge >= 0.3 is 5.91 Å². The zero-order chi connectivity index (χ0) is 24.0. The van der Waals surface area contributed by atoms with E-state index in [-0.39, 0.29) is 11.3 Å². The number of aliphatic hydroxyl groups excluding tert-OH is 1. The van der Waals surface area contributed by atoms with Gasteiger partial charge in [0.2, 0.25) is 0 Å². The Balaban J connectivity index is 1.73. The number of ether oxygens (including phenoxy) is 1. The maximum Gasteiger partial charge on any atom is 0.301 e. The van der Waals surface area contributed by atoms with Gasteiger partial charge in [-0.3, -0.25) is 14.5 Å². The second-order valence-electron chi connectivity index (χ2n) is 8.24. The highest BCUT2D eigenvalue weighted by Gasteiger charge is 2.48. The normalized spacial score (nSPS) is 17.5. The first kappa shape index (κ1) is 21.9. The van der Waals surface area contributed by atoms with Crippen molar-refractivity contribution in [2.45, 2.75) is 19.9 Å². The minimum absolute atomic E-state index is 0.0246. The Morgan fingerprint density at radius 1 is 1.03 bits per heavy atom. The molecule has 0 bridgehead atoms. The van der Waals surface area contributed by atoms with Crippen LogP contribution in [0, 0.1) is 13.8 Å². The zero-order valence-electron chi connectivity index (χ0n) is 18.9. The van der Waals surface area contributed by atoms with Crippen LogP contribution >= 0.6 is 11.3 Å². The van der Waals surface area contributed by atoms with E-state index in [1.165, 1.54) is 23.3 Å². The highest BCUT2D eigenvalue weighted by molar-refractivity contribution is 7.22. The van der Waals surface area contributed by atoms with Crippen LogP contribution in [-0.4, -0.2) is 28.9 Å². The predicted molar refractivity (Wildman–Crippen MR) is 133 cm³/mol. The molecular weight excluding hydrogens is 448 g/mol. The molecule has 3 aromatic carbocycles. The number of nitrogens with zero attached hydrogens (tertiary/aromatic N) is 2. The summed E-state index contributed by atoms with van der Waals surface area (Å²) in [6.07, 6.45) is 0. The third-order valence-corrected chi connectivity index (χ3v) is 6.93. The number of aliphatic hydroxyl groups is 1. The lowest BCUT2D eigenvalue weighted by Crippen LogP contribution is -2.29. The van der Waals surface area contributed by atoms with E-state index in [1.807, 2.05) is 56.3 Å². The molecule has 0 radical (unpaired) electrons. The van der Waals surface area contributed by atoms with Crippen LogP contribution in [0.2, 0.25) is 0 Å². The number of fused-ring (bicyclic) bond motifs is 1. The molecule has 1 fully saturated rings. The molecule has 0 saturated carbocycles. The number of aromatic nitrogens is 1. The molecule has 0 unspecified atom stereocenters. The monoisotopic (exact) mass is 470 g/mol. The topological polar surface area (TPSA) is 79.7 Å². The summed E-state index contributed by atoms with van der Waals surface area (Å²) in [6.45, 7) is 3.99. The predicted octanol–water partition coefficient (Wildman–Crippen LogP) is 5.55. The van der Waals surface area contributed by atoms with Crippen LogP contribution in [-0.2, 0) is 9.59 Å². The summed E-state index contributed by atoms with van der Waals surface area (Å²) < 4.78 is 6.21. The third-order valence-electron chi connectivity index (χ3n) is 5.93. The number of Topliss-reactive ketones (excluding diaryl/α,β-unsaturated/α-hetero) is 1. The molecule has 1 aromatic heterocycles. The van der Waals surface area contributed by atoms with E-state index >= 15 is 0 Å². The molecule has 1 N–H and O–H groups in total. The Morgan fingerprint density at radius 2 is 1.79 bits per heavy atom. The first-order valence-corrected chi connectivity index (χ1v) is 11.6. The summed E-state index contributed by atoms with van der Waals surface area (Å²) in [5.74, 6) is -1.18. The number of rotatable bonds is 4. The molecule has 1 amide bonds. The highest BCUT2D eigenvalue weighted by Crippen LogP contribution is 2.44. The van der Waals surface area contributed by atoms with Gasteiger partial charge in [-0.15, -0.1) is 0 Å². The minimum atomic E-state index is -0.811. The Labute approximate surface area is 200 Å². The quantitative estimate of drug-likeness (QED) is 0.240. The zero-order valence-corrected chi connectivity index (χ0v) is 19.7. The van der Waals surface area contributed by atoms with Crippen molar-refractivity contribution in [3.63, 3.8) is 0 Å². The van der Waals surface area contributed by atoms with Crippen LogP contribution in [0.4, 0.5) is 5.13 Å². The van der Waals surface area contributed by atoms with Gasteiger partial charge in [0.15, 0.2) is 5.13 Å². The third kappa shape index (κ3) is 3.54. The van der Waals surface area contributed by atoms with E-state index in [4.69, 9.17) is 9.72 Å². The van der Waals surface area contributed by atoms with Crippen molar-refractivity contribution in [1.29, 1.82) is 0 Å². The van der Waals surface area contributed by atoms with Crippen LogP contribution in [0.15, 0.2) is 72.3 Å². The molecule has 5 rings (SSSR count). The fraction of sp³-hybridized carbons (Fsp3) is 0.148. The summed E-state index contributed by atoms with van der Waals surface area (Å²) >= 11 is 1.36. The van der Waals surface area contributed by atoms with Gasteiger partial charge in [0.1, 0.15) is 11.5 Å². The molecule has 1 aliphatic heterocycles. The summed E-state index contributed by atoms with van der Waals surface area (Å²) in [6, 6.07) is 19.2. The molecule has 1 atom stereocenters. The summed E-state index contributed by atoms with van der Waals surface area (Å²) in [7, 11) is 1.53.